The van der Waals surface area contributed by atoms with Gasteiger partial charge in [0.25, 0.3) is 0 Å². The second-order valence-electron chi connectivity index (χ2n) is 3.08. The lowest BCUT2D eigenvalue weighted by Crippen LogP contribution is -2.44. The van der Waals surface area contributed by atoms with E-state index in [-0.39, 0.29) is 12.8 Å². The van der Waals surface area contributed by atoms with Gasteiger partial charge in [0, 0.05) is 5.92 Å². The van der Waals surface area contributed by atoms with Crippen LogP contribution in [-0.2, 0) is 9.59 Å². The van der Waals surface area contributed by atoms with E-state index in [0.29, 0.717) is 0 Å². The Morgan fingerprint density at radius 3 is 2.08 bits per heavy atom. The van der Waals surface area contributed by atoms with Crippen molar-refractivity contribution >= 4 is 11.9 Å². The lowest BCUT2D eigenvalue weighted by atomic mass is 9.84. The zero-order valence-corrected chi connectivity index (χ0v) is 7.65. The molecule has 76 valence electrons. The zero-order chi connectivity index (χ0) is 10.6. The predicted molar refractivity (Wildman–Crippen MR) is 44.3 cm³/mol. The van der Waals surface area contributed by atoms with Crippen LogP contribution in [0.4, 0.5) is 0 Å². The molecular weight excluding hydrogens is 176 g/mol. The summed E-state index contributed by atoms with van der Waals surface area (Å²) in [6.45, 7) is 2.91. The summed E-state index contributed by atoms with van der Waals surface area (Å²) < 4.78 is 0. The SMILES string of the molecule is CCC(O)(C(=O)O)C(C)CC(=O)O. The van der Waals surface area contributed by atoms with Gasteiger partial charge in [0.2, 0.25) is 0 Å². The van der Waals surface area contributed by atoms with Gasteiger partial charge < -0.3 is 15.3 Å². The van der Waals surface area contributed by atoms with Crippen LogP contribution >= 0.6 is 0 Å². The molecule has 0 spiro atoms. The molecule has 5 nitrogen and oxygen atoms in total. The minimum Gasteiger partial charge on any atom is -0.481 e. The number of aliphatic hydroxyl groups is 1. The molecule has 2 unspecified atom stereocenters. The third-order valence-corrected chi connectivity index (χ3v) is 2.21. The molecule has 5 heteroatoms. The van der Waals surface area contributed by atoms with E-state index in [2.05, 4.69) is 0 Å². The van der Waals surface area contributed by atoms with Crippen LogP contribution in [0, 0.1) is 5.92 Å². The van der Waals surface area contributed by atoms with Crippen LogP contribution in [-0.4, -0.2) is 32.9 Å². The summed E-state index contributed by atoms with van der Waals surface area (Å²) in [6, 6.07) is 0. The smallest absolute Gasteiger partial charge is 0.335 e. The van der Waals surface area contributed by atoms with E-state index in [9.17, 15) is 14.7 Å². The Morgan fingerprint density at radius 2 is 1.85 bits per heavy atom. The monoisotopic (exact) mass is 190 g/mol. The van der Waals surface area contributed by atoms with Gasteiger partial charge in [-0.2, -0.15) is 0 Å². The van der Waals surface area contributed by atoms with Crippen molar-refractivity contribution in [1.29, 1.82) is 0 Å². The fourth-order valence-electron chi connectivity index (χ4n) is 1.14. The number of carboxylic acids is 2. The summed E-state index contributed by atoms with van der Waals surface area (Å²) in [7, 11) is 0. The first-order valence-electron chi connectivity index (χ1n) is 4.02. The van der Waals surface area contributed by atoms with Gasteiger partial charge >= 0.3 is 11.9 Å². The molecule has 2 atom stereocenters. The van der Waals surface area contributed by atoms with Crippen molar-refractivity contribution < 1.29 is 24.9 Å². The third-order valence-electron chi connectivity index (χ3n) is 2.21. The molecule has 0 aromatic heterocycles. The van der Waals surface area contributed by atoms with E-state index in [1.165, 1.54) is 13.8 Å². The summed E-state index contributed by atoms with van der Waals surface area (Å²) in [5.41, 5.74) is -1.93. The Morgan fingerprint density at radius 1 is 1.38 bits per heavy atom. The van der Waals surface area contributed by atoms with E-state index < -0.39 is 23.5 Å². The van der Waals surface area contributed by atoms with Gasteiger partial charge in [-0.15, -0.1) is 0 Å². The van der Waals surface area contributed by atoms with Gasteiger partial charge in [-0.1, -0.05) is 13.8 Å². The number of rotatable bonds is 5. The molecule has 0 saturated carbocycles. The Hall–Kier alpha value is -1.10. The molecule has 0 aromatic rings. The number of carbonyl (C=O) groups is 2. The van der Waals surface area contributed by atoms with Gasteiger partial charge in [-0.05, 0) is 6.42 Å². The molecule has 0 amide bonds. The van der Waals surface area contributed by atoms with Gasteiger partial charge in [0.15, 0.2) is 5.60 Å². The summed E-state index contributed by atoms with van der Waals surface area (Å²) >= 11 is 0. The first-order chi connectivity index (χ1) is 5.84. The minimum absolute atomic E-state index is 0.00319. The molecule has 0 bridgehead atoms. The molecule has 3 N–H and O–H groups in total. The molecule has 0 heterocycles. The van der Waals surface area contributed by atoms with Gasteiger partial charge in [0.05, 0.1) is 6.42 Å². The average Bonchev–Trinajstić information content (AvgIpc) is 2.01. The van der Waals surface area contributed by atoms with Gasteiger partial charge in [-0.3, -0.25) is 4.79 Å². The van der Waals surface area contributed by atoms with Crippen molar-refractivity contribution in [2.24, 2.45) is 5.92 Å². The highest BCUT2D eigenvalue weighted by molar-refractivity contribution is 5.78. The van der Waals surface area contributed by atoms with Crippen molar-refractivity contribution in [2.75, 3.05) is 0 Å². The fourth-order valence-corrected chi connectivity index (χ4v) is 1.14. The molecule has 0 radical (unpaired) electrons. The molecular formula is C8H14O5. The molecule has 0 rings (SSSR count). The van der Waals surface area contributed by atoms with Gasteiger partial charge in [0.1, 0.15) is 0 Å². The topological polar surface area (TPSA) is 94.8 Å². The highest BCUT2D eigenvalue weighted by atomic mass is 16.4. The molecule has 0 aromatic carbocycles. The van der Waals surface area contributed by atoms with Crippen LogP contribution in [0.2, 0.25) is 0 Å². The van der Waals surface area contributed by atoms with Crippen molar-refractivity contribution in [3.8, 4) is 0 Å². The first kappa shape index (κ1) is 11.9. The van der Waals surface area contributed by atoms with Crippen molar-refractivity contribution in [1.82, 2.24) is 0 Å². The Balaban J connectivity index is 4.56. The second-order valence-corrected chi connectivity index (χ2v) is 3.08. The molecule has 0 fully saturated rings. The lowest BCUT2D eigenvalue weighted by Gasteiger charge is -2.27. The van der Waals surface area contributed by atoms with Crippen LogP contribution in [0.15, 0.2) is 0 Å². The number of hydrogen-bond donors (Lipinski definition) is 3. The summed E-state index contributed by atoms with van der Waals surface area (Å²) in [4.78, 5) is 20.9. The van der Waals surface area contributed by atoms with E-state index in [1.54, 1.807) is 0 Å². The van der Waals surface area contributed by atoms with Crippen LogP contribution in [0.25, 0.3) is 0 Å². The number of aliphatic carboxylic acids is 2. The quantitative estimate of drug-likeness (QED) is 0.580. The summed E-state index contributed by atoms with van der Waals surface area (Å²) in [5, 5.41) is 26.6. The molecule has 0 aliphatic rings. The average molecular weight is 190 g/mol. The Labute approximate surface area is 76.0 Å². The van der Waals surface area contributed by atoms with Crippen LogP contribution in [0.3, 0.4) is 0 Å². The van der Waals surface area contributed by atoms with Crippen LogP contribution in [0.1, 0.15) is 26.7 Å². The summed E-state index contributed by atoms with van der Waals surface area (Å²) in [6.07, 6.45) is -0.354. The first-order valence-corrected chi connectivity index (χ1v) is 4.02. The number of carboxylic acid groups (broad SMARTS) is 2. The zero-order valence-electron chi connectivity index (χ0n) is 7.65. The van der Waals surface area contributed by atoms with E-state index >= 15 is 0 Å². The van der Waals surface area contributed by atoms with E-state index in [4.69, 9.17) is 10.2 Å². The number of hydrogen-bond acceptors (Lipinski definition) is 3. The highest BCUT2D eigenvalue weighted by Gasteiger charge is 2.40. The molecule has 0 saturated heterocycles. The summed E-state index contributed by atoms with van der Waals surface area (Å²) in [5.74, 6) is -3.28. The van der Waals surface area contributed by atoms with E-state index in [1.807, 2.05) is 0 Å². The molecule has 0 aliphatic carbocycles. The van der Waals surface area contributed by atoms with Crippen molar-refractivity contribution in [3.63, 3.8) is 0 Å². The second kappa shape index (κ2) is 4.23. The highest BCUT2D eigenvalue weighted by Crippen LogP contribution is 2.24. The maximum Gasteiger partial charge on any atom is 0.335 e. The van der Waals surface area contributed by atoms with Gasteiger partial charge in [-0.25, -0.2) is 4.79 Å². The molecule has 13 heavy (non-hydrogen) atoms. The fraction of sp³-hybridized carbons (Fsp3) is 0.750. The third kappa shape index (κ3) is 2.69. The normalized spacial score (nSPS) is 17.5. The maximum absolute atomic E-state index is 10.6. The standard InChI is InChI=1S/C8H14O5/c1-3-8(13,7(11)12)5(2)4-6(9)10/h5,13H,3-4H2,1-2H3,(H,9,10)(H,11,12). The largest absolute Gasteiger partial charge is 0.481 e. The van der Waals surface area contributed by atoms with Crippen molar-refractivity contribution in [2.45, 2.75) is 32.3 Å². The van der Waals surface area contributed by atoms with Crippen molar-refractivity contribution in [3.05, 3.63) is 0 Å². The van der Waals surface area contributed by atoms with E-state index in [0.717, 1.165) is 0 Å². The minimum atomic E-state index is -1.93. The molecule has 0 aliphatic heterocycles. The Kier molecular flexibility index (Phi) is 3.87. The Bertz CT molecular complexity index is 213. The maximum atomic E-state index is 10.6. The van der Waals surface area contributed by atoms with Crippen LogP contribution in [0.5, 0.6) is 0 Å². The predicted octanol–water partition coefficient (Wildman–Crippen LogP) is 0.323. The lowest BCUT2D eigenvalue weighted by molar-refractivity contribution is -0.166. The van der Waals surface area contributed by atoms with Crippen LogP contribution < -0.4 is 0 Å².